The van der Waals surface area contributed by atoms with Crippen molar-refractivity contribution in [2.24, 2.45) is 0 Å². The molecule has 0 aliphatic carbocycles. The Morgan fingerprint density at radius 1 is 1.43 bits per heavy atom. The van der Waals surface area contributed by atoms with Crippen molar-refractivity contribution in [3.63, 3.8) is 0 Å². The minimum atomic E-state index is -0.939. The van der Waals surface area contributed by atoms with Crippen LogP contribution in [0.1, 0.15) is 34.4 Å². The molecule has 0 saturated heterocycles. The number of rotatable bonds is 5. The lowest BCUT2D eigenvalue weighted by Gasteiger charge is -2.07. The molecule has 0 spiro atoms. The second-order valence-corrected chi connectivity index (χ2v) is 5.78. The van der Waals surface area contributed by atoms with Crippen LogP contribution in [-0.2, 0) is 13.0 Å². The lowest BCUT2D eigenvalue weighted by molar-refractivity contribution is 0.0699. The molecule has 0 fully saturated rings. The quantitative estimate of drug-likeness (QED) is 0.786. The molecule has 5 nitrogen and oxygen atoms in total. The fraction of sp³-hybridized carbons (Fsp3) is 0.267. The van der Waals surface area contributed by atoms with Gasteiger partial charge in [-0.25, -0.2) is 9.78 Å². The van der Waals surface area contributed by atoms with Crippen LogP contribution >= 0.6 is 11.3 Å². The predicted octanol–water partition coefficient (Wildman–Crippen LogP) is 3.19. The average molecular weight is 301 g/mol. The summed E-state index contributed by atoms with van der Waals surface area (Å²) in [7, 11) is 0. The van der Waals surface area contributed by atoms with Crippen molar-refractivity contribution in [2.45, 2.75) is 26.3 Å². The molecule has 0 amide bonds. The number of imidazole rings is 1. The molecule has 3 rings (SSSR count). The lowest BCUT2D eigenvalue weighted by atomic mass is 10.2. The summed E-state index contributed by atoms with van der Waals surface area (Å²) in [5, 5.41) is 9.31. The summed E-state index contributed by atoms with van der Waals surface area (Å²) in [4.78, 5) is 21.2. The van der Waals surface area contributed by atoms with Gasteiger partial charge in [-0.15, -0.1) is 11.3 Å². The van der Waals surface area contributed by atoms with E-state index >= 15 is 0 Å². The van der Waals surface area contributed by atoms with Crippen LogP contribution in [0.2, 0.25) is 0 Å². The number of benzene rings is 1. The molecule has 108 valence electrons. The number of hydrogen-bond acceptors (Lipinski definition) is 4. The fourth-order valence-corrected chi connectivity index (χ4v) is 3.02. The van der Waals surface area contributed by atoms with E-state index in [9.17, 15) is 9.90 Å². The third kappa shape index (κ3) is 2.54. The molecule has 2 heterocycles. The van der Waals surface area contributed by atoms with E-state index < -0.39 is 5.97 Å². The van der Waals surface area contributed by atoms with Gasteiger partial charge in [-0.1, -0.05) is 13.0 Å². The van der Waals surface area contributed by atoms with Crippen molar-refractivity contribution in [2.75, 3.05) is 0 Å². The van der Waals surface area contributed by atoms with Gasteiger partial charge in [0, 0.05) is 17.5 Å². The molecule has 0 bridgehead atoms. The highest BCUT2D eigenvalue weighted by Crippen LogP contribution is 2.23. The number of aromatic carboxylic acids is 1. The first-order valence-electron chi connectivity index (χ1n) is 6.79. The van der Waals surface area contributed by atoms with Gasteiger partial charge in [0.1, 0.15) is 11.3 Å². The van der Waals surface area contributed by atoms with Crippen LogP contribution in [0.25, 0.3) is 11.0 Å². The van der Waals surface area contributed by atoms with Gasteiger partial charge in [-0.3, -0.25) is 4.98 Å². The van der Waals surface area contributed by atoms with Crippen LogP contribution in [0.5, 0.6) is 0 Å². The van der Waals surface area contributed by atoms with E-state index in [-0.39, 0.29) is 5.56 Å². The number of para-hydroxylation sites is 1. The Labute approximate surface area is 125 Å². The maximum Gasteiger partial charge on any atom is 0.337 e. The molecule has 1 N–H and O–H groups in total. The molecule has 0 atom stereocenters. The molecule has 0 aliphatic rings. The molecule has 0 unspecified atom stereocenters. The Morgan fingerprint density at radius 3 is 2.95 bits per heavy atom. The zero-order valence-electron chi connectivity index (χ0n) is 11.6. The summed E-state index contributed by atoms with van der Waals surface area (Å²) in [6, 6.07) is 5.30. The molecule has 21 heavy (non-hydrogen) atoms. The normalized spacial score (nSPS) is 11.1. The molecule has 1 aromatic carbocycles. The van der Waals surface area contributed by atoms with Crippen molar-refractivity contribution in [3.8, 4) is 0 Å². The molecule has 2 aromatic heterocycles. The monoisotopic (exact) mass is 301 g/mol. The van der Waals surface area contributed by atoms with Gasteiger partial charge < -0.3 is 9.67 Å². The second-order valence-electron chi connectivity index (χ2n) is 4.81. The van der Waals surface area contributed by atoms with Crippen molar-refractivity contribution >= 4 is 28.3 Å². The highest BCUT2D eigenvalue weighted by molar-refractivity contribution is 7.09. The van der Waals surface area contributed by atoms with E-state index in [2.05, 4.69) is 21.5 Å². The van der Waals surface area contributed by atoms with E-state index in [4.69, 9.17) is 0 Å². The second kappa shape index (κ2) is 5.65. The topological polar surface area (TPSA) is 68.0 Å². The molecule has 0 saturated carbocycles. The molecule has 3 aromatic rings. The number of fused-ring (bicyclic) bond motifs is 1. The highest BCUT2D eigenvalue weighted by atomic mass is 32.1. The fourth-order valence-electron chi connectivity index (χ4n) is 2.43. The first kappa shape index (κ1) is 13.8. The average Bonchev–Trinajstić information content (AvgIpc) is 3.08. The third-order valence-corrected chi connectivity index (χ3v) is 4.12. The Kier molecular flexibility index (Phi) is 3.70. The van der Waals surface area contributed by atoms with Crippen molar-refractivity contribution in [1.82, 2.24) is 14.5 Å². The number of thiazole rings is 1. The number of carbonyl (C=O) groups is 1. The van der Waals surface area contributed by atoms with Crippen LogP contribution in [0.15, 0.2) is 29.9 Å². The van der Waals surface area contributed by atoms with E-state index in [1.807, 2.05) is 12.3 Å². The smallest absolute Gasteiger partial charge is 0.337 e. The summed E-state index contributed by atoms with van der Waals surface area (Å²) in [5.74, 6) is -0.0133. The van der Waals surface area contributed by atoms with Crippen molar-refractivity contribution < 1.29 is 9.90 Å². The number of carboxylic acids is 1. The Morgan fingerprint density at radius 2 is 2.29 bits per heavy atom. The zero-order chi connectivity index (χ0) is 14.8. The SMILES string of the molecule is CCCc1nc2c(C(=O)O)cccc2n1Cc1cncs1. The standard InChI is InChI=1S/C15H15N3O2S/c1-2-4-13-17-14-11(15(19)20)5-3-6-12(14)18(13)8-10-7-16-9-21-10/h3,5-7,9H,2,4,8H2,1H3,(H,19,20). The number of carboxylic acid groups (broad SMARTS) is 1. The predicted molar refractivity (Wildman–Crippen MR) is 81.9 cm³/mol. The molecule has 6 heteroatoms. The Bertz CT molecular complexity index is 778. The van der Waals surface area contributed by atoms with Crippen molar-refractivity contribution in [1.29, 1.82) is 0 Å². The number of hydrogen-bond donors (Lipinski definition) is 1. The van der Waals surface area contributed by atoms with Gasteiger partial charge in [-0.2, -0.15) is 0 Å². The highest BCUT2D eigenvalue weighted by Gasteiger charge is 2.16. The van der Waals surface area contributed by atoms with Gasteiger partial charge in [0.2, 0.25) is 0 Å². The van der Waals surface area contributed by atoms with Gasteiger partial charge in [0.25, 0.3) is 0 Å². The van der Waals surface area contributed by atoms with Crippen LogP contribution in [0.4, 0.5) is 0 Å². The number of nitrogens with zero attached hydrogens (tertiary/aromatic N) is 3. The van der Waals surface area contributed by atoms with Crippen LogP contribution < -0.4 is 0 Å². The van der Waals surface area contributed by atoms with E-state index in [1.54, 1.807) is 29.0 Å². The van der Waals surface area contributed by atoms with Gasteiger partial charge in [-0.05, 0) is 18.6 Å². The summed E-state index contributed by atoms with van der Waals surface area (Å²) < 4.78 is 2.10. The van der Waals surface area contributed by atoms with Gasteiger partial charge >= 0.3 is 5.97 Å². The first-order valence-corrected chi connectivity index (χ1v) is 7.67. The Balaban J connectivity index is 2.17. The van der Waals surface area contributed by atoms with Crippen LogP contribution in [-0.4, -0.2) is 25.6 Å². The van der Waals surface area contributed by atoms with E-state index in [1.165, 1.54) is 0 Å². The molecule has 0 radical (unpaired) electrons. The van der Waals surface area contributed by atoms with E-state index in [0.29, 0.717) is 12.1 Å². The van der Waals surface area contributed by atoms with E-state index in [0.717, 1.165) is 29.1 Å². The van der Waals surface area contributed by atoms with Crippen molar-refractivity contribution in [3.05, 3.63) is 46.2 Å². The number of aryl methyl sites for hydroxylation is 1. The van der Waals surface area contributed by atoms with Crippen LogP contribution in [0, 0.1) is 0 Å². The lowest BCUT2D eigenvalue weighted by Crippen LogP contribution is -2.04. The zero-order valence-corrected chi connectivity index (χ0v) is 12.4. The Hall–Kier alpha value is -2.21. The summed E-state index contributed by atoms with van der Waals surface area (Å²) in [6.07, 6.45) is 3.63. The van der Waals surface area contributed by atoms with Crippen LogP contribution in [0.3, 0.4) is 0 Å². The number of aromatic nitrogens is 3. The summed E-state index contributed by atoms with van der Waals surface area (Å²) in [5.41, 5.74) is 3.49. The van der Waals surface area contributed by atoms with Gasteiger partial charge in [0.05, 0.1) is 23.1 Å². The molecular weight excluding hydrogens is 286 g/mol. The molecular formula is C15H15N3O2S. The van der Waals surface area contributed by atoms with Gasteiger partial charge in [0.15, 0.2) is 0 Å². The third-order valence-electron chi connectivity index (χ3n) is 3.36. The maximum atomic E-state index is 11.4. The first-order chi connectivity index (χ1) is 10.2. The summed E-state index contributed by atoms with van der Waals surface area (Å²) in [6.45, 7) is 2.77. The minimum Gasteiger partial charge on any atom is -0.478 e. The molecule has 0 aliphatic heterocycles. The maximum absolute atomic E-state index is 11.4. The largest absolute Gasteiger partial charge is 0.478 e. The summed E-state index contributed by atoms with van der Waals surface area (Å²) >= 11 is 1.59. The minimum absolute atomic E-state index is 0.257.